The Bertz CT molecular complexity index is 837. The van der Waals surface area contributed by atoms with Crippen LogP contribution in [0.5, 0.6) is 5.75 Å². The zero-order chi connectivity index (χ0) is 18.7. The summed E-state index contributed by atoms with van der Waals surface area (Å²) in [6.07, 6.45) is 2.55. The van der Waals surface area contributed by atoms with Crippen LogP contribution in [0.25, 0.3) is 0 Å². The van der Waals surface area contributed by atoms with Gasteiger partial charge in [0.05, 0.1) is 19.9 Å². The van der Waals surface area contributed by atoms with Gasteiger partial charge in [0, 0.05) is 31.9 Å². The van der Waals surface area contributed by atoms with Gasteiger partial charge in [-0.15, -0.1) is 0 Å². The number of nitrogens with zero attached hydrogens (tertiary/aromatic N) is 3. The Balaban J connectivity index is 1.99. The van der Waals surface area contributed by atoms with E-state index in [2.05, 4.69) is 4.98 Å². The average molecular weight is 355 g/mol. The van der Waals surface area contributed by atoms with Crippen LogP contribution in [-0.4, -0.2) is 51.2 Å². The van der Waals surface area contributed by atoms with Crippen LogP contribution in [0, 0.1) is 0 Å². The van der Waals surface area contributed by atoms with Crippen LogP contribution in [0.4, 0.5) is 11.5 Å². The Labute approximate surface area is 152 Å². The van der Waals surface area contributed by atoms with Crippen molar-refractivity contribution in [1.29, 1.82) is 0 Å². The third-order valence-electron chi connectivity index (χ3n) is 4.39. The molecule has 1 aliphatic rings. The Morgan fingerprint density at radius 3 is 2.69 bits per heavy atom. The first kappa shape index (κ1) is 17.7. The lowest BCUT2D eigenvalue weighted by atomic mass is 10.1. The second-order valence-electron chi connectivity index (χ2n) is 5.98. The quantitative estimate of drug-likeness (QED) is 0.787. The normalized spacial score (nSPS) is 13.7. The fourth-order valence-electron chi connectivity index (χ4n) is 3.06. The minimum atomic E-state index is -0.508. The van der Waals surface area contributed by atoms with Crippen LogP contribution < -0.4 is 14.5 Å². The topological polar surface area (TPSA) is 72.0 Å². The van der Waals surface area contributed by atoms with Crippen molar-refractivity contribution < 1.29 is 19.1 Å². The third-order valence-corrected chi connectivity index (χ3v) is 4.39. The van der Waals surface area contributed by atoms with Crippen molar-refractivity contribution in [3.63, 3.8) is 0 Å². The van der Waals surface area contributed by atoms with Crippen molar-refractivity contribution in [2.24, 2.45) is 0 Å². The lowest BCUT2D eigenvalue weighted by Gasteiger charge is -2.23. The van der Waals surface area contributed by atoms with Gasteiger partial charge in [-0.2, -0.15) is 0 Å². The van der Waals surface area contributed by atoms with E-state index in [9.17, 15) is 9.59 Å². The number of pyridine rings is 1. The second kappa shape index (κ2) is 7.43. The number of hydrogen-bond acceptors (Lipinski definition) is 6. The van der Waals surface area contributed by atoms with Crippen molar-refractivity contribution >= 4 is 23.4 Å². The number of benzene rings is 1. The number of aromatic nitrogens is 1. The zero-order valence-electron chi connectivity index (χ0n) is 15.1. The molecule has 2 aromatic rings. The number of fused-ring (bicyclic) bond motifs is 1. The summed E-state index contributed by atoms with van der Waals surface area (Å²) in [6.45, 7) is 1.40. The lowest BCUT2D eigenvalue weighted by Crippen LogP contribution is -2.31. The van der Waals surface area contributed by atoms with E-state index in [-0.39, 0.29) is 11.5 Å². The first-order chi connectivity index (χ1) is 12.6. The Morgan fingerprint density at radius 1 is 1.15 bits per heavy atom. The van der Waals surface area contributed by atoms with Gasteiger partial charge in [0.25, 0.3) is 5.91 Å². The molecule has 0 fully saturated rings. The minimum Gasteiger partial charge on any atom is -0.496 e. The van der Waals surface area contributed by atoms with Crippen molar-refractivity contribution in [3.8, 4) is 5.75 Å². The Hall–Kier alpha value is -3.09. The van der Waals surface area contributed by atoms with E-state index in [1.807, 2.05) is 24.1 Å². The Morgan fingerprint density at radius 2 is 1.96 bits per heavy atom. The minimum absolute atomic E-state index is 0.163. The largest absolute Gasteiger partial charge is 0.496 e. The zero-order valence-corrected chi connectivity index (χ0v) is 15.1. The highest BCUT2D eigenvalue weighted by Crippen LogP contribution is 2.31. The molecule has 7 heteroatoms. The summed E-state index contributed by atoms with van der Waals surface area (Å²) < 4.78 is 10.0. The van der Waals surface area contributed by atoms with E-state index in [1.54, 1.807) is 29.3 Å². The van der Waals surface area contributed by atoms with Crippen LogP contribution in [0.2, 0.25) is 0 Å². The number of amides is 1. The lowest BCUT2D eigenvalue weighted by molar-refractivity contribution is 0.0596. The van der Waals surface area contributed by atoms with E-state index in [0.29, 0.717) is 17.9 Å². The molecule has 0 aliphatic carbocycles. The number of rotatable bonds is 3. The molecule has 0 bridgehead atoms. The van der Waals surface area contributed by atoms with Crippen LogP contribution >= 0.6 is 0 Å². The maximum Gasteiger partial charge on any atom is 0.341 e. The highest BCUT2D eigenvalue weighted by molar-refractivity contribution is 6.08. The Kier molecular flexibility index (Phi) is 5.06. The summed E-state index contributed by atoms with van der Waals surface area (Å²) in [5, 5.41) is 0. The predicted octanol–water partition coefficient (Wildman–Crippen LogP) is 2.36. The van der Waals surface area contributed by atoms with Crippen LogP contribution in [0.15, 0.2) is 36.5 Å². The monoisotopic (exact) mass is 355 g/mol. The maximum atomic E-state index is 13.1. The molecule has 0 spiro atoms. The smallest absolute Gasteiger partial charge is 0.341 e. The molecule has 1 aromatic carbocycles. The van der Waals surface area contributed by atoms with E-state index >= 15 is 0 Å². The molecule has 0 unspecified atom stereocenters. The molecule has 7 nitrogen and oxygen atoms in total. The predicted molar refractivity (Wildman–Crippen MR) is 98.1 cm³/mol. The molecule has 0 saturated heterocycles. The third kappa shape index (κ3) is 3.20. The van der Waals surface area contributed by atoms with Gasteiger partial charge in [0.15, 0.2) is 5.82 Å². The highest BCUT2D eigenvalue weighted by atomic mass is 16.5. The second-order valence-corrected chi connectivity index (χ2v) is 5.98. The number of carbonyl (C=O) groups excluding carboxylic acids is 2. The van der Waals surface area contributed by atoms with Crippen molar-refractivity contribution in [3.05, 3.63) is 47.7 Å². The summed E-state index contributed by atoms with van der Waals surface area (Å²) in [5.41, 5.74) is 1.49. The highest BCUT2D eigenvalue weighted by Gasteiger charge is 2.26. The molecule has 0 atom stereocenters. The molecule has 1 aliphatic heterocycles. The van der Waals surface area contributed by atoms with Gasteiger partial charge < -0.3 is 19.3 Å². The first-order valence-electron chi connectivity index (χ1n) is 8.31. The van der Waals surface area contributed by atoms with Gasteiger partial charge in [-0.3, -0.25) is 4.79 Å². The molecule has 3 rings (SSSR count). The number of esters is 1. The van der Waals surface area contributed by atoms with E-state index in [0.717, 1.165) is 24.5 Å². The van der Waals surface area contributed by atoms with Crippen LogP contribution in [-0.2, 0) is 4.74 Å². The summed E-state index contributed by atoms with van der Waals surface area (Å²) in [5.74, 6) is 0.411. The van der Waals surface area contributed by atoms with Gasteiger partial charge in [0.2, 0.25) is 0 Å². The molecular weight excluding hydrogens is 334 g/mol. The molecule has 0 N–H and O–H groups in total. The van der Waals surface area contributed by atoms with Crippen LogP contribution in [0.3, 0.4) is 0 Å². The maximum absolute atomic E-state index is 13.1. The van der Waals surface area contributed by atoms with Gasteiger partial charge in [-0.25, -0.2) is 9.78 Å². The van der Waals surface area contributed by atoms with Gasteiger partial charge >= 0.3 is 5.97 Å². The van der Waals surface area contributed by atoms with E-state index < -0.39 is 5.97 Å². The molecule has 1 aromatic heterocycles. The van der Waals surface area contributed by atoms with Crippen molar-refractivity contribution in [1.82, 2.24) is 4.98 Å². The fraction of sp³-hybridized carbons (Fsp3) is 0.316. The first-order valence-corrected chi connectivity index (χ1v) is 8.31. The summed E-state index contributed by atoms with van der Waals surface area (Å²) in [7, 11) is 4.72. The van der Waals surface area contributed by atoms with Gasteiger partial charge in [-0.1, -0.05) is 0 Å². The van der Waals surface area contributed by atoms with Crippen molar-refractivity contribution in [2.45, 2.75) is 6.42 Å². The van der Waals surface area contributed by atoms with Crippen molar-refractivity contribution in [2.75, 3.05) is 44.2 Å². The van der Waals surface area contributed by atoms with Crippen LogP contribution in [0.1, 0.15) is 27.1 Å². The molecule has 1 amide bonds. The van der Waals surface area contributed by atoms with Gasteiger partial charge in [-0.05, 0) is 36.8 Å². The summed E-state index contributed by atoms with van der Waals surface area (Å²) >= 11 is 0. The SMILES string of the molecule is COC(=O)c1ccc(C(=O)N2CCCN(C)c3ncccc32)cc1OC. The molecule has 0 saturated carbocycles. The number of methoxy groups -OCH3 is 2. The molecule has 136 valence electrons. The summed E-state index contributed by atoms with van der Waals surface area (Å²) in [6, 6.07) is 8.44. The standard InChI is InChI=1S/C19H21N3O4/c1-21-10-5-11-22(15-6-4-9-20-17(15)21)18(23)13-7-8-14(19(24)26-3)16(12-13)25-2/h4,6-9,12H,5,10-11H2,1-3H3. The molecular formula is C19H21N3O4. The number of hydrogen-bond donors (Lipinski definition) is 0. The number of anilines is 2. The molecule has 0 radical (unpaired) electrons. The molecule has 2 heterocycles. The number of ether oxygens (including phenoxy) is 2. The fourth-order valence-corrected chi connectivity index (χ4v) is 3.06. The van der Waals surface area contributed by atoms with E-state index in [1.165, 1.54) is 14.2 Å². The van der Waals surface area contributed by atoms with Gasteiger partial charge in [0.1, 0.15) is 11.3 Å². The van der Waals surface area contributed by atoms with E-state index in [4.69, 9.17) is 9.47 Å². The number of carbonyl (C=O) groups is 2. The molecule has 26 heavy (non-hydrogen) atoms. The summed E-state index contributed by atoms with van der Waals surface area (Å²) in [4.78, 5) is 33.1. The average Bonchev–Trinajstić information content (AvgIpc) is 2.85.